The molecule has 1 aromatic carbocycles. The largest absolute Gasteiger partial charge is 0.478 e. The SMILES string of the molecule is Cc1cccc(C)c1C(=O)Nc1ncc(/C=C/C(=O)O)s1. The number of carbonyl (C=O) groups excluding carboxylic acids is 1. The molecule has 0 saturated carbocycles. The minimum Gasteiger partial charge on any atom is -0.478 e. The molecule has 0 radical (unpaired) electrons. The zero-order valence-corrected chi connectivity index (χ0v) is 12.4. The minimum atomic E-state index is -1.02. The smallest absolute Gasteiger partial charge is 0.328 e. The summed E-state index contributed by atoms with van der Waals surface area (Å²) in [6.45, 7) is 3.76. The zero-order chi connectivity index (χ0) is 15.4. The Morgan fingerprint density at radius 1 is 1.29 bits per heavy atom. The highest BCUT2D eigenvalue weighted by molar-refractivity contribution is 7.16. The Kier molecular flexibility index (Phi) is 4.49. The van der Waals surface area contributed by atoms with Gasteiger partial charge in [-0.2, -0.15) is 0 Å². The van der Waals surface area contributed by atoms with E-state index in [0.29, 0.717) is 15.6 Å². The van der Waals surface area contributed by atoms with E-state index < -0.39 is 5.97 Å². The third kappa shape index (κ3) is 3.76. The average molecular weight is 302 g/mol. The molecular weight excluding hydrogens is 288 g/mol. The predicted octanol–water partition coefficient (Wildman–Crippen LogP) is 3.11. The zero-order valence-electron chi connectivity index (χ0n) is 11.6. The van der Waals surface area contributed by atoms with Crippen LogP contribution in [0.2, 0.25) is 0 Å². The lowest BCUT2D eigenvalue weighted by molar-refractivity contribution is -0.131. The van der Waals surface area contributed by atoms with Crippen LogP contribution in [0.25, 0.3) is 6.08 Å². The number of amides is 1. The monoisotopic (exact) mass is 302 g/mol. The number of aliphatic carboxylic acids is 1. The first-order chi connectivity index (χ1) is 9.97. The van der Waals surface area contributed by atoms with Crippen LogP contribution in [0.3, 0.4) is 0 Å². The Balaban J connectivity index is 2.15. The van der Waals surface area contributed by atoms with Gasteiger partial charge < -0.3 is 5.11 Å². The van der Waals surface area contributed by atoms with Gasteiger partial charge in [-0.3, -0.25) is 10.1 Å². The maximum Gasteiger partial charge on any atom is 0.328 e. The summed E-state index contributed by atoms with van der Waals surface area (Å²) < 4.78 is 0. The number of nitrogens with zero attached hydrogens (tertiary/aromatic N) is 1. The number of carbonyl (C=O) groups is 2. The van der Waals surface area contributed by atoms with Crippen molar-refractivity contribution in [1.29, 1.82) is 0 Å². The van der Waals surface area contributed by atoms with Crippen molar-refractivity contribution in [2.24, 2.45) is 0 Å². The third-order valence-electron chi connectivity index (χ3n) is 2.84. The molecule has 0 aliphatic rings. The van der Waals surface area contributed by atoms with E-state index in [1.807, 2.05) is 32.0 Å². The molecule has 0 spiro atoms. The van der Waals surface area contributed by atoms with Gasteiger partial charge >= 0.3 is 5.97 Å². The first-order valence-corrected chi connectivity index (χ1v) is 7.03. The number of anilines is 1. The molecule has 0 atom stereocenters. The Hall–Kier alpha value is -2.47. The van der Waals surface area contributed by atoms with E-state index in [1.165, 1.54) is 23.6 Å². The van der Waals surface area contributed by atoms with Crippen LogP contribution in [0.15, 0.2) is 30.5 Å². The minimum absolute atomic E-state index is 0.214. The molecule has 5 nitrogen and oxygen atoms in total. The molecule has 1 heterocycles. The first kappa shape index (κ1) is 14.9. The van der Waals surface area contributed by atoms with Crippen LogP contribution in [0, 0.1) is 13.8 Å². The van der Waals surface area contributed by atoms with E-state index in [9.17, 15) is 9.59 Å². The fourth-order valence-electron chi connectivity index (χ4n) is 1.91. The number of aromatic nitrogens is 1. The molecule has 2 N–H and O–H groups in total. The van der Waals surface area contributed by atoms with Crippen molar-refractivity contribution in [1.82, 2.24) is 4.98 Å². The first-order valence-electron chi connectivity index (χ1n) is 6.22. The number of thiazole rings is 1. The van der Waals surface area contributed by atoms with Gasteiger partial charge in [0.2, 0.25) is 0 Å². The van der Waals surface area contributed by atoms with Crippen LogP contribution in [0.4, 0.5) is 5.13 Å². The van der Waals surface area contributed by atoms with Crippen LogP contribution in [0.5, 0.6) is 0 Å². The summed E-state index contributed by atoms with van der Waals surface area (Å²) in [7, 11) is 0. The molecule has 1 amide bonds. The number of carboxylic acid groups (broad SMARTS) is 1. The van der Waals surface area contributed by atoms with Gasteiger partial charge in [0.1, 0.15) is 0 Å². The summed E-state index contributed by atoms with van der Waals surface area (Å²) in [5, 5.41) is 11.7. The maximum absolute atomic E-state index is 12.3. The van der Waals surface area contributed by atoms with E-state index in [-0.39, 0.29) is 5.91 Å². The molecule has 21 heavy (non-hydrogen) atoms. The summed E-state index contributed by atoms with van der Waals surface area (Å²) >= 11 is 1.22. The fraction of sp³-hybridized carbons (Fsp3) is 0.133. The topological polar surface area (TPSA) is 79.3 Å². The predicted molar refractivity (Wildman–Crippen MR) is 82.7 cm³/mol. The molecule has 0 aliphatic heterocycles. The summed E-state index contributed by atoms with van der Waals surface area (Å²) in [6, 6.07) is 5.66. The highest BCUT2D eigenvalue weighted by Crippen LogP contribution is 2.21. The van der Waals surface area contributed by atoms with Gasteiger partial charge in [0.25, 0.3) is 5.91 Å². The molecule has 2 aromatic rings. The second-order valence-corrected chi connectivity index (χ2v) is 5.52. The summed E-state index contributed by atoms with van der Waals surface area (Å²) in [6.07, 6.45) is 3.99. The van der Waals surface area contributed by atoms with Crippen molar-refractivity contribution in [3.05, 3.63) is 52.0 Å². The summed E-state index contributed by atoms with van der Waals surface area (Å²) in [5.41, 5.74) is 2.43. The number of hydrogen-bond acceptors (Lipinski definition) is 4. The van der Waals surface area contributed by atoms with Gasteiger partial charge in [-0.1, -0.05) is 29.5 Å². The molecule has 0 fully saturated rings. The molecule has 6 heteroatoms. The number of aryl methyl sites for hydroxylation is 2. The highest BCUT2D eigenvalue weighted by atomic mass is 32.1. The number of hydrogen-bond donors (Lipinski definition) is 2. The maximum atomic E-state index is 12.3. The van der Waals surface area contributed by atoms with Gasteiger partial charge in [0.15, 0.2) is 5.13 Å². The molecule has 0 saturated heterocycles. The van der Waals surface area contributed by atoms with Crippen molar-refractivity contribution in [2.75, 3.05) is 5.32 Å². The van der Waals surface area contributed by atoms with Gasteiger partial charge in [0, 0.05) is 22.7 Å². The van der Waals surface area contributed by atoms with E-state index in [4.69, 9.17) is 5.11 Å². The summed E-state index contributed by atoms with van der Waals surface area (Å²) in [5.74, 6) is -1.24. The van der Waals surface area contributed by atoms with E-state index in [0.717, 1.165) is 17.2 Å². The number of benzene rings is 1. The van der Waals surface area contributed by atoms with Crippen molar-refractivity contribution in [3.8, 4) is 0 Å². The summed E-state index contributed by atoms with van der Waals surface area (Å²) in [4.78, 5) is 27.4. The van der Waals surface area contributed by atoms with Crippen molar-refractivity contribution in [3.63, 3.8) is 0 Å². The quantitative estimate of drug-likeness (QED) is 0.850. The fourth-order valence-corrected chi connectivity index (χ4v) is 2.62. The second-order valence-electron chi connectivity index (χ2n) is 4.46. The van der Waals surface area contributed by atoms with Crippen LogP contribution >= 0.6 is 11.3 Å². The average Bonchev–Trinajstić information content (AvgIpc) is 2.83. The number of rotatable bonds is 4. The lowest BCUT2D eigenvalue weighted by Crippen LogP contribution is -2.14. The Bertz CT molecular complexity index is 699. The highest BCUT2D eigenvalue weighted by Gasteiger charge is 2.13. The Morgan fingerprint density at radius 3 is 2.57 bits per heavy atom. The van der Waals surface area contributed by atoms with Gasteiger partial charge in [-0.15, -0.1) is 0 Å². The molecule has 0 unspecified atom stereocenters. The Labute approximate surface area is 126 Å². The normalized spacial score (nSPS) is 10.8. The van der Waals surface area contributed by atoms with Crippen LogP contribution < -0.4 is 5.32 Å². The number of carboxylic acids is 1. The van der Waals surface area contributed by atoms with Crippen LogP contribution in [0.1, 0.15) is 26.4 Å². The molecule has 0 aliphatic carbocycles. The molecule has 1 aromatic heterocycles. The van der Waals surface area contributed by atoms with Gasteiger partial charge in [-0.25, -0.2) is 9.78 Å². The van der Waals surface area contributed by atoms with E-state index >= 15 is 0 Å². The second kappa shape index (κ2) is 6.32. The Morgan fingerprint density at radius 2 is 1.95 bits per heavy atom. The molecular formula is C15H14N2O3S. The third-order valence-corrected chi connectivity index (χ3v) is 3.72. The van der Waals surface area contributed by atoms with Crippen LogP contribution in [-0.2, 0) is 4.79 Å². The van der Waals surface area contributed by atoms with Crippen molar-refractivity contribution < 1.29 is 14.7 Å². The van der Waals surface area contributed by atoms with Gasteiger partial charge in [0.05, 0.1) is 0 Å². The lowest BCUT2D eigenvalue weighted by Gasteiger charge is -2.08. The van der Waals surface area contributed by atoms with Crippen LogP contribution in [-0.4, -0.2) is 22.0 Å². The molecule has 2 rings (SSSR count). The lowest BCUT2D eigenvalue weighted by atomic mass is 10.0. The van der Waals surface area contributed by atoms with Crippen molar-refractivity contribution >= 4 is 34.4 Å². The van der Waals surface area contributed by atoms with Crippen molar-refractivity contribution in [2.45, 2.75) is 13.8 Å². The van der Waals surface area contributed by atoms with E-state index in [1.54, 1.807) is 0 Å². The van der Waals surface area contributed by atoms with Gasteiger partial charge in [-0.05, 0) is 31.1 Å². The standard InChI is InChI=1S/C15H14N2O3S/c1-9-4-3-5-10(2)13(9)14(20)17-15-16-8-11(21-15)6-7-12(18)19/h3-8H,1-2H3,(H,18,19)(H,16,17,20)/b7-6+. The number of nitrogens with one attached hydrogen (secondary N) is 1. The molecule has 108 valence electrons. The molecule has 0 bridgehead atoms. The van der Waals surface area contributed by atoms with E-state index in [2.05, 4.69) is 10.3 Å².